The van der Waals surface area contributed by atoms with Crippen molar-refractivity contribution in [2.24, 2.45) is 0 Å². The summed E-state index contributed by atoms with van der Waals surface area (Å²) in [6.07, 6.45) is 0.207. The summed E-state index contributed by atoms with van der Waals surface area (Å²) >= 11 is 0. The second kappa shape index (κ2) is 5.19. The first-order valence-corrected chi connectivity index (χ1v) is 6.06. The number of nitrogens with one attached hydrogen (secondary N) is 1. The Balaban J connectivity index is 2.42. The van der Waals surface area contributed by atoms with E-state index in [1.54, 1.807) is 6.92 Å². The molecule has 0 saturated heterocycles. The van der Waals surface area contributed by atoms with Gasteiger partial charge in [0.2, 0.25) is 15.9 Å². The minimum atomic E-state index is -3.37. The van der Waals surface area contributed by atoms with E-state index >= 15 is 0 Å². The van der Waals surface area contributed by atoms with Crippen LogP contribution in [0.25, 0.3) is 0 Å². The Morgan fingerprint density at radius 2 is 2.27 bits per heavy atom. The van der Waals surface area contributed by atoms with E-state index in [0.717, 1.165) is 0 Å². The molecule has 8 heteroatoms. The average molecular weight is 235 g/mol. The van der Waals surface area contributed by atoms with E-state index in [-0.39, 0.29) is 31.2 Å². The number of hydrogen-bond acceptors (Lipinski definition) is 6. The van der Waals surface area contributed by atoms with Gasteiger partial charge in [-0.15, -0.1) is 0 Å². The first-order chi connectivity index (χ1) is 7.03. The van der Waals surface area contributed by atoms with Gasteiger partial charge < -0.3 is 9.63 Å². The fraction of sp³-hybridized carbons (Fsp3) is 0.714. The van der Waals surface area contributed by atoms with Crippen LogP contribution in [0, 0.1) is 6.92 Å². The first kappa shape index (κ1) is 12.1. The molecule has 0 bridgehead atoms. The molecule has 0 amide bonds. The third-order valence-electron chi connectivity index (χ3n) is 1.58. The summed E-state index contributed by atoms with van der Waals surface area (Å²) < 4.78 is 29.5. The number of hydrogen-bond donors (Lipinski definition) is 2. The highest BCUT2D eigenvalue weighted by molar-refractivity contribution is 7.89. The summed E-state index contributed by atoms with van der Waals surface area (Å²) in [4.78, 5) is 3.84. The molecule has 0 aliphatic rings. The van der Waals surface area contributed by atoms with Crippen LogP contribution in [0.3, 0.4) is 0 Å². The Bertz CT molecular complexity index is 400. The van der Waals surface area contributed by atoms with Gasteiger partial charge in [0.15, 0.2) is 5.82 Å². The average Bonchev–Trinajstić information content (AvgIpc) is 2.59. The number of aromatic nitrogens is 2. The zero-order valence-electron chi connectivity index (χ0n) is 8.30. The lowest BCUT2D eigenvalue weighted by Crippen LogP contribution is -2.26. The molecule has 0 fully saturated rings. The standard InChI is InChI=1S/C7H13N3O4S/c1-6-9-7(14-10-6)5-8-15(12,13)4-2-3-11/h8,11H,2-5H2,1H3. The lowest BCUT2D eigenvalue weighted by Gasteiger charge is -2.02. The van der Waals surface area contributed by atoms with Gasteiger partial charge in [-0.3, -0.25) is 0 Å². The normalized spacial score (nSPS) is 11.9. The third kappa shape index (κ3) is 4.36. The van der Waals surface area contributed by atoms with Gasteiger partial charge in [-0.2, -0.15) is 4.98 Å². The fourth-order valence-electron chi connectivity index (χ4n) is 0.910. The third-order valence-corrected chi connectivity index (χ3v) is 2.99. The largest absolute Gasteiger partial charge is 0.396 e. The van der Waals surface area contributed by atoms with E-state index in [4.69, 9.17) is 9.63 Å². The van der Waals surface area contributed by atoms with Gasteiger partial charge in [0.25, 0.3) is 0 Å². The topological polar surface area (TPSA) is 105 Å². The molecule has 1 rings (SSSR count). The van der Waals surface area contributed by atoms with Gasteiger partial charge in [-0.1, -0.05) is 5.16 Å². The maximum absolute atomic E-state index is 11.3. The summed E-state index contributed by atoms with van der Waals surface area (Å²) in [5.74, 6) is 0.566. The van der Waals surface area contributed by atoms with Gasteiger partial charge in [0, 0.05) is 6.61 Å². The molecule has 0 aliphatic carbocycles. The van der Waals surface area contributed by atoms with Crippen LogP contribution in [0.4, 0.5) is 0 Å². The maximum atomic E-state index is 11.3. The summed E-state index contributed by atoms with van der Waals surface area (Å²) in [6, 6.07) is 0. The number of aryl methyl sites for hydroxylation is 1. The van der Waals surface area contributed by atoms with Crippen molar-refractivity contribution in [3.05, 3.63) is 11.7 Å². The lowest BCUT2D eigenvalue weighted by atomic mass is 10.5. The van der Waals surface area contributed by atoms with Crippen molar-refractivity contribution in [2.45, 2.75) is 19.9 Å². The molecule has 86 valence electrons. The molecule has 0 atom stereocenters. The molecule has 0 aromatic carbocycles. The Labute approximate surface area is 87.5 Å². The van der Waals surface area contributed by atoms with Crippen LogP contribution in [0.5, 0.6) is 0 Å². The van der Waals surface area contributed by atoms with Gasteiger partial charge >= 0.3 is 0 Å². The van der Waals surface area contributed by atoms with E-state index < -0.39 is 10.0 Å². The van der Waals surface area contributed by atoms with Crippen LogP contribution >= 0.6 is 0 Å². The summed E-state index contributed by atoms with van der Waals surface area (Å²) in [5.41, 5.74) is 0. The zero-order chi connectivity index (χ0) is 11.3. The Hall–Kier alpha value is -0.990. The van der Waals surface area contributed by atoms with E-state index in [9.17, 15) is 8.42 Å². The van der Waals surface area contributed by atoms with Crippen molar-refractivity contribution < 1.29 is 18.0 Å². The second-order valence-electron chi connectivity index (χ2n) is 2.95. The molecule has 0 spiro atoms. The van der Waals surface area contributed by atoms with Crippen molar-refractivity contribution in [1.29, 1.82) is 0 Å². The summed E-state index contributed by atoms with van der Waals surface area (Å²) in [7, 11) is -3.37. The smallest absolute Gasteiger partial charge is 0.241 e. The number of aliphatic hydroxyl groups excluding tert-OH is 1. The monoisotopic (exact) mass is 235 g/mol. The van der Waals surface area contributed by atoms with Gasteiger partial charge in [0.05, 0.1) is 12.3 Å². The fourth-order valence-corrected chi connectivity index (χ4v) is 1.91. The van der Waals surface area contributed by atoms with Crippen LogP contribution in [-0.2, 0) is 16.6 Å². The number of rotatable bonds is 6. The zero-order valence-corrected chi connectivity index (χ0v) is 9.12. The lowest BCUT2D eigenvalue weighted by molar-refractivity contribution is 0.295. The van der Waals surface area contributed by atoms with Crippen LogP contribution < -0.4 is 4.72 Å². The second-order valence-corrected chi connectivity index (χ2v) is 4.88. The highest BCUT2D eigenvalue weighted by atomic mass is 32.2. The molecule has 0 radical (unpaired) electrons. The highest BCUT2D eigenvalue weighted by Crippen LogP contribution is 1.97. The van der Waals surface area contributed by atoms with Crippen LogP contribution in [0.2, 0.25) is 0 Å². The molecule has 1 aromatic heterocycles. The summed E-state index contributed by atoms with van der Waals surface area (Å²) in [6.45, 7) is 1.47. The molecular formula is C7H13N3O4S. The first-order valence-electron chi connectivity index (χ1n) is 4.41. The quantitative estimate of drug-likeness (QED) is 0.667. The molecule has 0 unspecified atom stereocenters. The van der Waals surface area contributed by atoms with Crippen molar-refractivity contribution in [2.75, 3.05) is 12.4 Å². The van der Waals surface area contributed by atoms with E-state index in [2.05, 4.69) is 14.9 Å². The van der Waals surface area contributed by atoms with Crippen LogP contribution in [0.1, 0.15) is 18.1 Å². The van der Waals surface area contributed by atoms with Gasteiger partial charge in [0.1, 0.15) is 0 Å². The Morgan fingerprint density at radius 3 is 2.80 bits per heavy atom. The predicted molar refractivity (Wildman–Crippen MR) is 51.4 cm³/mol. The summed E-state index contributed by atoms with van der Waals surface area (Å²) in [5, 5.41) is 12.0. The van der Waals surface area contributed by atoms with Gasteiger partial charge in [-0.05, 0) is 13.3 Å². The molecule has 2 N–H and O–H groups in total. The number of sulfonamides is 1. The van der Waals surface area contributed by atoms with Crippen LogP contribution in [-0.4, -0.2) is 36.0 Å². The van der Waals surface area contributed by atoms with E-state index in [1.165, 1.54) is 0 Å². The minimum Gasteiger partial charge on any atom is -0.396 e. The van der Waals surface area contributed by atoms with E-state index in [1.807, 2.05) is 0 Å². The molecule has 0 saturated carbocycles. The van der Waals surface area contributed by atoms with Crippen LogP contribution in [0.15, 0.2) is 4.52 Å². The Morgan fingerprint density at radius 1 is 1.53 bits per heavy atom. The SMILES string of the molecule is Cc1noc(CNS(=O)(=O)CCCO)n1. The van der Waals surface area contributed by atoms with Crippen molar-refractivity contribution >= 4 is 10.0 Å². The van der Waals surface area contributed by atoms with E-state index in [0.29, 0.717) is 5.82 Å². The molecule has 7 nitrogen and oxygen atoms in total. The molecule has 0 aliphatic heterocycles. The maximum Gasteiger partial charge on any atom is 0.241 e. The highest BCUT2D eigenvalue weighted by Gasteiger charge is 2.11. The molecule has 1 heterocycles. The number of nitrogens with zero attached hydrogens (tertiary/aromatic N) is 2. The van der Waals surface area contributed by atoms with Crippen molar-refractivity contribution in [1.82, 2.24) is 14.9 Å². The number of aliphatic hydroxyl groups is 1. The predicted octanol–water partition coefficient (Wildman–Crippen LogP) is -0.820. The van der Waals surface area contributed by atoms with Gasteiger partial charge in [-0.25, -0.2) is 13.1 Å². The molecule has 1 aromatic rings. The van der Waals surface area contributed by atoms with Crippen molar-refractivity contribution in [3.63, 3.8) is 0 Å². The molecule has 15 heavy (non-hydrogen) atoms. The van der Waals surface area contributed by atoms with Crippen molar-refractivity contribution in [3.8, 4) is 0 Å². The minimum absolute atomic E-state index is 0.0192. The molecular weight excluding hydrogens is 222 g/mol. The Kier molecular flexibility index (Phi) is 4.18.